The monoisotopic (exact) mass is 577 g/mol. The lowest BCUT2D eigenvalue weighted by Gasteiger charge is -2.23. The molecule has 3 N–H and O–H groups in total. The minimum atomic E-state index is -1.03. The molecular formula is C33H37F2N3O4. The van der Waals surface area contributed by atoms with Gasteiger partial charge in [0.15, 0.2) is 5.78 Å². The molecule has 0 fully saturated rings. The summed E-state index contributed by atoms with van der Waals surface area (Å²) in [6.07, 6.45) is 0.610. The molecule has 0 unspecified atom stereocenters. The Kier molecular flexibility index (Phi) is 11.5. The smallest absolute Gasteiger partial charge is 0.254 e. The normalized spacial score (nSPS) is 11.8. The Hall–Kier alpha value is -4.40. The van der Waals surface area contributed by atoms with Gasteiger partial charge < -0.3 is 16.0 Å². The van der Waals surface area contributed by atoms with E-state index in [-0.39, 0.29) is 61.0 Å². The summed E-state index contributed by atoms with van der Waals surface area (Å²) in [5.41, 5.74) is 0.821. The van der Waals surface area contributed by atoms with E-state index in [1.165, 1.54) is 30.3 Å². The summed E-state index contributed by atoms with van der Waals surface area (Å²) >= 11 is 0. The molecule has 0 spiro atoms. The van der Waals surface area contributed by atoms with Crippen LogP contribution in [0.4, 0.5) is 8.78 Å². The summed E-state index contributed by atoms with van der Waals surface area (Å²) in [6, 6.07) is 18.2. The van der Waals surface area contributed by atoms with Crippen molar-refractivity contribution in [1.29, 1.82) is 0 Å². The van der Waals surface area contributed by atoms with Gasteiger partial charge in [-0.3, -0.25) is 19.2 Å². The second-order valence-electron chi connectivity index (χ2n) is 11.1. The third-order valence-electron chi connectivity index (χ3n) is 6.39. The van der Waals surface area contributed by atoms with Crippen molar-refractivity contribution >= 4 is 23.5 Å². The number of carbonyl (C=O) groups excluding carboxylic acids is 4. The Morgan fingerprint density at radius 3 is 2.19 bits per heavy atom. The van der Waals surface area contributed by atoms with Crippen molar-refractivity contribution in [2.24, 2.45) is 0 Å². The van der Waals surface area contributed by atoms with Crippen LogP contribution in [0.2, 0.25) is 0 Å². The van der Waals surface area contributed by atoms with Crippen LogP contribution in [0.25, 0.3) is 11.1 Å². The third-order valence-corrected chi connectivity index (χ3v) is 6.39. The Labute approximate surface area is 245 Å². The van der Waals surface area contributed by atoms with E-state index in [4.69, 9.17) is 0 Å². The highest BCUT2D eigenvalue weighted by atomic mass is 19.1. The summed E-state index contributed by atoms with van der Waals surface area (Å²) in [5.74, 6) is -3.02. The highest BCUT2D eigenvalue weighted by molar-refractivity contribution is 5.96. The Balaban J connectivity index is 1.57. The molecule has 7 nitrogen and oxygen atoms in total. The van der Waals surface area contributed by atoms with Crippen LogP contribution >= 0.6 is 0 Å². The molecule has 0 saturated carbocycles. The molecule has 3 rings (SSSR count). The predicted molar refractivity (Wildman–Crippen MR) is 158 cm³/mol. The van der Waals surface area contributed by atoms with E-state index < -0.39 is 29.1 Å². The molecule has 0 aromatic heterocycles. The van der Waals surface area contributed by atoms with E-state index >= 15 is 0 Å². The van der Waals surface area contributed by atoms with Crippen LogP contribution in [-0.2, 0) is 20.8 Å². The van der Waals surface area contributed by atoms with Gasteiger partial charge in [-0.25, -0.2) is 8.78 Å². The van der Waals surface area contributed by atoms with E-state index in [1.807, 2.05) is 51.1 Å². The zero-order chi connectivity index (χ0) is 30.7. The van der Waals surface area contributed by atoms with Gasteiger partial charge in [0, 0.05) is 30.5 Å². The van der Waals surface area contributed by atoms with Crippen molar-refractivity contribution in [3.8, 4) is 11.1 Å². The maximum Gasteiger partial charge on any atom is 0.254 e. The topological polar surface area (TPSA) is 104 Å². The minimum Gasteiger partial charge on any atom is -0.352 e. The van der Waals surface area contributed by atoms with Gasteiger partial charge >= 0.3 is 0 Å². The molecule has 0 bridgehead atoms. The fourth-order valence-electron chi connectivity index (χ4n) is 4.37. The van der Waals surface area contributed by atoms with Crippen LogP contribution in [0.1, 0.15) is 62.4 Å². The lowest BCUT2D eigenvalue weighted by molar-refractivity contribution is -0.131. The molecule has 0 heterocycles. The van der Waals surface area contributed by atoms with Crippen LogP contribution in [0, 0.1) is 11.6 Å². The molecule has 9 heteroatoms. The number of hydrogen-bond acceptors (Lipinski definition) is 4. The second-order valence-corrected chi connectivity index (χ2v) is 11.1. The number of Topliss-reactive ketones (excluding diaryl/α,β-unsaturated/α-hetero) is 1. The molecule has 0 radical (unpaired) electrons. The Bertz CT molecular complexity index is 1400. The average molecular weight is 578 g/mol. The first-order chi connectivity index (χ1) is 19.9. The number of aryl methyl sites for hydroxylation is 1. The number of ketones is 1. The van der Waals surface area contributed by atoms with Gasteiger partial charge in [-0.1, -0.05) is 54.6 Å². The molecule has 3 aromatic rings. The van der Waals surface area contributed by atoms with Crippen LogP contribution in [0.15, 0.2) is 72.8 Å². The first-order valence-electron chi connectivity index (χ1n) is 13.9. The molecule has 222 valence electrons. The molecule has 0 aliphatic heterocycles. The molecule has 0 aliphatic carbocycles. The fraction of sp³-hybridized carbons (Fsp3) is 0.333. The number of nitrogens with one attached hydrogen (secondary N) is 3. The minimum absolute atomic E-state index is 0.0234. The van der Waals surface area contributed by atoms with E-state index in [0.717, 1.165) is 11.6 Å². The number of hydrogen-bond donors (Lipinski definition) is 3. The molecule has 42 heavy (non-hydrogen) atoms. The maximum atomic E-state index is 14.4. The third kappa shape index (κ3) is 10.2. The van der Waals surface area contributed by atoms with Crippen molar-refractivity contribution in [2.45, 2.75) is 64.5 Å². The number of halogens is 2. The SMILES string of the molecule is CC(C)(C)NC(=O)C[C@H](NC(=O)CCc1ccccc1)C(=O)CCCNC(=O)c1cc(-c2ccccc2F)ccc1F. The summed E-state index contributed by atoms with van der Waals surface area (Å²) in [5, 5.41) is 8.09. The van der Waals surface area contributed by atoms with Gasteiger partial charge in [0.1, 0.15) is 11.6 Å². The van der Waals surface area contributed by atoms with E-state index in [0.29, 0.717) is 12.0 Å². The molecule has 0 aliphatic rings. The highest BCUT2D eigenvalue weighted by Crippen LogP contribution is 2.24. The van der Waals surface area contributed by atoms with Gasteiger partial charge in [-0.15, -0.1) is 0 Å². The van der Waals surface area contributed by atoms with Gasteiger partial charge in [-0.2, -0.15) is 0 Å². The van der Waals surface area contributed by atoms with Crippen LogP contribution < -0.4 is 16.0 Å². The van der Waals surface area contributed by atoms with Gasteiger partial charge in [0.2, 0.25) is 11.8 Å². The zero-order valence-corrected chi connectivity index (χ0v) is 24.1. The molecule has 3 aromatic carbocycles. The fourth-order valence-corrected chi connectivity index (χ4v) is 4.37. The van der Waals surface area contributed by atoms with Crippen molar-refractivity contribution in [1.82, 2.24) is 16.0 Å². The quantitative estimate of drug-likeness (QED) is 0.245. The Morgan fingerprint density at radius 2 is 1.50 bits per heavy atom. The largest absolute Gasteiger partial charge is 0.352 e. The van der Waals surface area contributed by atoms with E-state index in [2.05, 4.69) is 16.0 Å². The van der Waals surface area contributed by atoms with Crippen LogP contribution in [0.5, 0.6) is 0 Å². The van der Waals surface area contributed by atoms with Crippen molar-refractivity contribution in [3.63, 3.8) is 0 Å². The first-order valence-corrected chi connectivity index (χ1v) is 13.9. The van der Waals surface area contributed by atoms with Crippen molar-refractivity contribution < 1.29 is 28.0 Å². The maximum absolute atomic E-state index is 14.4. The number of amides is 3. The summed E-state index contributed by atoms with van der Waals surface area (Å²) in [7, 11) is 0. The van der Waals surface area contributed by atoms with Crippen molar-refractivity contribution in [3.05, 3.63) is 95.6 Å². The summed E-state index contributed by atoms with van der Waals surface area (Å²) in [6.45, 7) is 5.50. The van der Waals surface area contributed by atoms with Gasteiger partial charge in [0.05, 0.1) is 18.0 Å². The number of rotatable bonds is 13. The van der Waals surface area contributed by atoms with Crippen LogP contribution in [-0.4, -0.2) is 41.6 Å². The summed E-state index contributed by atoms with van der Waals surface area (Å²) in [4.78, 5) is 50.9. The lowest BCUT2D eigenvalue weighted by Crippen LogP contribution is -2.47. The summed E-state index contributed by atoms with van der Waals surface area (Å²) < 4.78 is 28.6. The molecule has 0 saturated heterocycles. The second kappa shape index (κ2) is 15.0. The predicted octanol–water partition coefficient (Wildman–Crippen LogP) is 5.13. The standard InChI is InChI=1S/C33H37F2N3O4/c1-33(2,3)38-31(41)21-28(37-30(40)18-15-22-10-5-4-6-11-22)29(39)14-9-19-36-32(42)25-20-23(16-17-27(25)35)24-12-7-8-13-26(24)34/h4-8,10-13,16-17,20,28H,9,14-15,18-19,21H2,1-3H3,(H,36,42)(H,37,40)(H,38,41)/t28-/m0/s1. The molecular weight excluding hydrogens is 540 g/mol. The van der Waals surface area contributed by atoms with Crippen LogP contribution in [0.3, 0.4) is 0 Å². The van der Waals surface area contributed by atoms with E-state index in [9.17, 15) is 28.0 Å². The molecule has 3 amide bonds. The van der Waals surface area contributed by atoms with Crippen molar-refractivity contribution in [2.75, 3.05) is 6.54 Å². The van der Waals surface area contributed by atoms with Gasteiger partial charge in [-0.05, 0) is 62.9 Å². The lowest BCUT2D eigenvalue weighted by atomic mass is 10.0. The van der Waals surface area contributed by atoms with Gasteiger partial charge in [0.25, 0.3) is 5.91 Å². The first kappa shape index (κ1) is 32.1. The number of carbonyl (C=O) groups is 4. The number of benzene rings is 3. The average Bonchev–Trinajstić information content (AvgIpc) is 2.94. The highest BCUT2D eigenvalue weighted by Gasteiger charge is 2.25. The molecule has 1 atom stereocenters. The van der Waals surface area contributed by atoms with E-state index in [1.54, 1.807) is 6.07 Å². The zero-order valence-electron chi connectivity index (χ0n) is 24.1. The Morgan fingerprint density at radius 1 is 0.810 bits per heavy atom.